The summed E-state index contributed by atoms with van der Waals surface area (Å²) in [5, 5.41) is 9.99. The lowest BCUT2D eigenvalue weighted by Crippen LogP contribution is -2.49. The van der Waals surface area contributed by atoms with Crippen molar-refractivity contribution in [2.45, 2.75) is 72.1 Å². The van der Waals surface area contributed by atoms with E-state index >= 15 is 0 Å². The maximum absolute atomic E-state index is 9.99. The van der Waals surface area contributed by atoms with Crippen LogP contribution in [0.2, 0.25) is 0 Å². The van der Waals surface area contributed by atoms with E-state index in [1.165, 1.54) is 51.4 Å². The fourth-order valence-corrected chi connectivity index (χ4v) is 5.89. The zero-order chi connectivity index (χ0) is 15.3. The van der Waals surface area contributed by atoms with Crippen molar-refractivity contribution in [2.75, 3.05) is 6.61 Å². The molecule has 0 aromatic heterocycles. The Morgan fingerprint density at radius 3 is 2.62 bits per heavy atom. The highest BCUT2D eigenvalue weighted by molar-refractivity contribution is 5.32. The second-order valence-corrected chi connectivity index (χ2v) is 8.79. The Morgan fingerprint density at radius 1 is 1.19 bits per heavy atom. The fraction of sp³-hybridized carbons (Fsp3) is 0.800. The predicted molar refractivity (Wildman–Crippen MR) is 89.1 cm³/mol. The third-order valence-electron chi connectivity index (χ3n) is 7.32. The van der Waals surface area contributed by atoms with Crippen molar-refractivity contribution in [3.05, 3.63) is 23.8 Å². The summed E-state index contributed by atoms with van der Waals surface area (Å²) in [5.74, 6) is 0.676. The molecule has 1 N–H and O–H groups in total. The Morgan fingerprint density at radius 2 is 1.95 bits per heavy atom. The maximum Gasteiger partial charge on any atom is 0.0487 e. The lowest BCUT2D eigenvalue weighted by atomic mass is 9.47. The lowest BCUT2D eigenvalue weighted by molar-refractivity contribution is -0.0415. The summed E-state index contributed by atoms with van der Waals surface area (Å²) < 4.78 is 0. The summed E-state index contributed by atoms with van der Waals surface area (Å²) in [5.41, 5.74) is 4.33. The smallest absolute Gasteiger partial charge is 0.0487 e. The SMILES string of the molecule is C=C[C@]1(C)CCC2=C(CCC3[C@@](C)(CO)CCC[C@]23C)C1. The molecule has 0 bridgehead atoms. The van der Waals surface area contributed by atoms with E-state index in [1.807, 2.05) is 0 Å². The van der Waals surface area contributed by atoms with Crippen LogP contribution in [0.1, 0.15) is 72.1 Å². The molecule has 1 nitrogen and oxygen atoms in total. The van der Waals surface area contributed by atoms with E-state index in [4.69, 9.17) is 0 Å². The fourth-order valence-electron chi connectivity index (χ4n) is 5.89. The molecule has 4 atom stereocenters. The highest BCUT2D eigenvalue weighted by Gasteiger charge is 2.53. The zero-order valence-corrected chi connectivity index (χ0v) is 14.2. The van der Waals surface area contributed by atoms with Crippen LogP contribution in [0.15, 0.2) is 23.8 Å². The standard InChI is InChI=1S/C20H32O/c1-5-18(2)12-9-16-15(13-18)7-8-17-19(3,14-21)10-6-11-20(16,17)4/h5,17,21H,1,6-14H2,2-4H3/t17?,18-,19-,20-/m1/s1. The summed E-state index contributed by atoms with van der Waals surface area (Å²) in [6.07, 6.45) is 12.3. The van der Waals surface area contributed by atoms with Crippen molar-refractivity contribution in [1.82, 2.24) is 0 Å². The minimum Gasteiger partial charge on any atom is -0.396 e. The molecule has 0 aliphatic heterocycles. The maximum atomic E-state index is 9.99. The molecule has 0 saturated heterocycles. The highest BCUT2D eigenvalue weighted by atomic mass is 16.3. The first kappa shape index (κ1) is 15.3. The topological polar surface area (TPSA) is 20.2 Å². The average molecular weight is 288 g/mol. The van der Waals surface area contributed by atoms with Gasteiger partial charge in [0.2, 0.25) is 0 Å². The number of hydrogen-bond acceptors (Lipinski definition) is 1. The van der Waals surface area contributed by atoms with E-state index in [-0.39, 0.29) is 5.41 Å². The van der Waals surface area contributed by atoms with Gasteiger partial charge in [-0.15, -0.1) is 6.58 Å². The van der Waals surface area contributed by atoms with E-state index < -0.39 is 0 Å². The van der Waals surface area contributed by atoms with Crippen LogP contribution >= 0.6 is 0 Å². The monoisotopic (exact) mass is 288 g/mol. The van der Waals surface area contributed by atoms with Crippen molar-refractivity contribution in [2.24, 2.45) is 22.2 Å². The molecule has 0 radical (unpaired) electrons. The van der Waals surface area contributed by atoms with Gasteiger partial charge < -0.3 is 5.11 Å². The summed E-state index contributed by atoms with van der Waals surface area (Å²) in [6.45, 7) is 11.6. The molecular formula is C20H32O. The van der Waals surface area contributed by atoms with Crippen LogP contribution in [0.5, 0.6) is 0 Å². The summed E-state index contributed by atoms with van der Waals surface area (Å²) in [4.78, 5) is 0. The normalized spacial score (nSPS) is 46.8. The summed E-state index contributed by atoms with van der Waals surface area (Å²) in [6, 6.07) is 0. The first-order valence-electron chi connectivity index (χ1n) is 8.83. The number of aliphatic hydroxyl groups excluding tert-OH is 1. The van der Waals surface area contributed by atoms with Crippen molar-refractivity contribution >= 4 is 0 Å². The van der Waals surface area contributed by atoms with Gasteiger partial charge in [-0.2, -0.15) is 0 Å². The minimum absolute atomic E-state index is 0.144. The van der Waals surface area contributed by atoms with Crippen LogP contribution in [0.3, 0.4) is 0 Å². The zero-order valence-electron chi connectivity index (χ0n) is 14.2. The van der Waals surface area contributed by atoms with Crippen LogP contribution in [0.25, 0.3) is 0 Å². The van der Waals surface area contributed by atoms with Gasteiger partial charge in [-0.3, -0.25) is 0 Å². The first-order chi connectivity index (χ1) is 9.87. The Kier molecular flexibility index (Phi) is 3.64. The Labute approximate surface area is 130 Å². The van der Waals surface area contributed by atoms with Gasteiger partial charge in [0.15, 0.2) is 0 Å². The van der Waals surface area contributed by atoms with Gasteiger partial charge in [-0.05, 0) is 67.1 Å². The van der Waals surface area contributed by atoms with Gasteiger partial charge in [-0.1, -0.05) is 44.4 Å². The third-order valence-corrected chi connectivity index (χ3v) is 7.32. The Hall–Kier alpha value is -0.560. The van der Waals surface area contributed by atoms with E-state index in [9.17, 15) is 5.11 Å². The van der Waals surface area contributed by atoms with Crippen LogP contribution < -0.4 is 0 Å². The van der Waals surface area contributed by atoms with Crippen LogP contribution in [0, 0.1) is 22.2 Å². The number of fused-ring (bicyclic) bond motifs is 2. The van der Waals surface area contributed by atoms with Gasteiger partial charge in [0.05, 0.1) is 0 Å². The number of allylic oxidation sites excluding steroid dienone is 3. The quantitative estimate of drug-likeness (QED) is 0.687. The molecule has 0 aromatic rings. The van der Waals surface area contributed by atoms with Crippen LogP contribution in [0.4, 0.5) is 0 Å². The van der Waals surface area contributed by atoms with Crippen molar-refractivity contribution in [3.63, 3.8) is 0 Å². The van der Waals surface area contributed by atoms with E-state index in [1.54, 1.807) is 11.1 Å². The van der Waals surface area contributed by atoms with Gasteiger partial charge in [0.1, 0.15) is 0 Å². The van der Waals surface area contributed by atoms with Crippen LogP contribution in [-0.4, -0.2) is 11.7 Å². The van der Waals surface area contributed by atoms with Crippen LogP contribution in [-0.2, 0) is 0 Å². The largest absolute Gasteiger partial charge is 0.396 e. The molecule has 3 rings (SSSR count). The molecule has 118 valence electrons. The minimum atomic E-state index is 0.144. The first-order valence-corrected chi connectivity index (χ1v) is 8.83. The Balaban J connectivity index is 1.98. The number of aliphatic hydroxyl groups is 1. The van der Waals surface area contributed by atoms with Crippen molar-refractivity contribution < 1.29 is 5.11 Å². The van der Waals surface area contributed by atoms with Gasteiger partial charge in [0.25, 0.3) is 0 Å². The van der Waals surface area contributed by atoms with E-state index in [2.05, 4.69) is 33.4 Å². The van der Waals surface area contributed by atoms with Crippen molar-refractivity contribution in [1.29, 1.82) is 0 Å². The average Bonchev–Trinajstić information content (AvgIpc) is 2.46. The molecule has 0 heterocycles. The summed E-state index contributed by atoms with van der Waals surface area (Å²) >= 11 is 0. The molecule has 3 aliphatic rings. The van der Waals surface area contributed by atoms with Gasteiger partial charge >= 0.3 is 0 Å². The molecular weight excluding hydrogens is 256 g/mol. The second-order valence-electron chi connectivity index (χ2n) is 8.79. The molecule has 1 fully saturated rings. The molecule has 0 spiro atoms. The Bertz CT molecular complexity index is 476. The van der Waals surface area contributed by atoms with Gasteiger partial charge in [-0.25, -0.2) is 0 Å². The molecule has 21 heavy (non-hydrogen) atoms. The predicted octanol–water partition coefficient (Wildman–Crippen LogP) is 5.26. The highest BCUT2D eigenvalue weighted by Crippen LogP contribution is 2.62. The molecule has 3 aliphatic carbocycles. The second kappa shape index (κ2) is 4.98. The molecule has 1 unspecified atom stereocenters. The molecule has 0 aromatic carbocycles. The lowest BCUT2D eigenvalue weighted by Gasteiger charge is -2.57. The van der Waals surface area contributed by atoms with Gasteiger partial charge in [0, 0.05) is 6.61 Å². The molecule has 1 saturated carbocycles. The number of hydrogen-bond donors (Lipinski definition) is 1. The molecule has 1 heteroatoms. The van der Waals surface area contributed by atoms with E-state index in [0.717, 1.165) is 0 Å². The number of rotatable bonds is 2. The third kappa shape index (κ3) is 2.23. The molecule has 0 amide bonds. The summed E-state index contributed by atoms with van der Waals surface area (Å²) in [7, 11) is 0. The van der Waals surface area contributed by atoms with E-state index in [0.29, 0.717) is 23.4 Å². The van der Waals surface area contributed by atoms with Crippen molar-refractivity contribution in [3.8, 4) is 0 Å².